The zero-order valence-electron chi connectivity index (χ0n) is 11.9. The van der Waals surface area contributed by atoms with Crippen LogP contribution in [-0.2, 0) is 9.47 Å². The van der Waals surface area contributed by atoms with Crippen molar-refractivity contribution in [1.82, 2.24) is 4.98 Å². The van der Waals surface area contributed by atoms with E-state index in [9.17, 15) is 9.59 Å². The van der Waals surface area contributed by atoms with Crippen LogP contribution in [0, 0.1) is 6.92 Å². The zero-order chi connectivity index (χ0) is 15.6. The van der Waals surface area contributed by atoms with E-state index in [4.69, 9.17) is 21.1 Å². The summed E-state index contributed by atoms with van der Waals surface area (Å²) in [6.07, 6.45) is 0. The highest BCUT2D eigenvalue weighted by molar-refractivity contribution is 6.31. The third kappa shape index (κ3) is 2.83. The molecule has 0 atom stereocenters. The molecule has 0 bridgehead atoms. The van der Waals surface area contributed by atoms with Crippen LogP contribution in [0.15, 0.2) is 18.2 Å². The fourth-order valence-corrected chi connectivity index (χ4v) is 2.30. The summed E-state index contributed by atoms with van der Waals surface area (Å²) in [4.78, 5) is 28.6. The summed E-state index contributed by atoms with van der Waals surface area (Å²) in [5, 5.41) is 0.899. The van der Waals surface area contributed by atoms with Gasteiger partial charge in [0.1, 0.15) is 0 Å². The second-order valence-electron chi connectivity index (χ2n) is 4.32. The molecular formula is C15H14ClNO4. The molecule has 0 aliphatic rings. The van der Waals surface area contributed by atoms with Gasteiger partial charge in [-0.25, -0.2) is 9.59 Å². The molecule has 2 rings (SSSR count). The molecule has 0 spiro atoms. The molecule has 0 saturated carbocycles. The maximum Gasteiger partial charge on any atom is 0.340 e. The summed E-state index contributed by atoms with van der Waals surface area (Å²) >= 11 is 5.98. The van der Waals surface area contributed by atoms with E-state index in [2.05, 4.69) is 4.98 Å². The molecule has 0 aliphatic carbocycles. The number of esters is 2. The standard InChI is InChI=1S/C15H14ClNO4/c1-4-21-15(19)12-8(2)17-11-6-5-9(16)7-10(11)13(12)14(18)20-3/h5-7H,4H2,1-3H3. The third-order valence-corrected chi connectivity index (χ3v) is 3.23. The molecule has 0 aliphatic heterocycles. The molecule has 1 heterocycles. The van der Waals surface area contributed by atoms with E-state index in [1.807, 2.05) is 0 Å². The number of methoxy groups -OCH3 is 1. The highest BCUT2D eigenvalue weighted by atomic mass is 35.5. The minimum atomic E-state index is -0.629. The molecule has 1 aromatic heterocycles. The Morgan fingerprint density at radius 3 is 2.57 bits per heavy atom. The minimum Gasteiger partial charge on any atom is -0.465 e. The van der Waals surface area contributed by atoms with E-state index in [1.165, 1.54) is 7.11 Å². The second-order valence-corrected chi connectivity index (χ2v) is 4.76. The van der Waals surface area contributed by atoms with Crippen LogP contribution in [0.2, 0.25) is 5.02 Å². The predicted molar refractivity (Wildman–Crippen MR) is 78.8 cm³/mol. The molecule has 0 unspecified atom stereocenters. The maximum atomic E-state index is 12.1. The number of ether oxygens (including phenoxy) is 2. The molecule has 2 aromatic rings. The lowest BCUT2D eigenvalue weighted by atomic mass is 10.0. The van der Waals surface area contributed by atoms with Crippen molar-refractivity contribution in [3.63, 3.8) is 0 Å². The number of carbonyl (C=O) groups excluding carboxylic acids is 2. The van der Waals surface area contributed by atoms with E-state index in [1.54, 1.807) is 32.0 Å². The molecule has 1 aromatic carbocycles. The number of aryl methyl sites for hydroxylation is 1. The first-order valence-corrected chi connectivity index (χ1v) is 6.72. The molecular weight excluding hydrogens is 294 g/mol. The Kier molecular flexibility index (Phi) is 4.43. The number of halogens is 1. The first kappa shape index (κ1) is 15.3. The third-order valence-electron chi connectivity index (χ3n) is 3.00. The van der Waals surface area contributed by atoms with E-state index in [-0.39, 0.29) is 17.7 Å². The lowest BCUT2D eigenvalue weighted by Gasteiger charge is -2.13. The lowest BCUT2D eigenvalue weighted by molar-refractivity contribution is 0.0503. The monoisotopic (exact) mass is 307 g/mol. The van der Waals surface area contributed by atoms with Crippen molar-refractivity contribution < 1.29 is 19.1 Å². The Balaban J connectivity index is 2.85. The smallest absolute Gasteiger partial charge is 0.340 e. The van der Waals surface area contributed by atoms with E-state index >= 15 is 0 Å². The Bertz CT molecular complexity index is 727. The number of nitrogens with zero attached hydrogens (tertiary/aromatic N) is 1. The predicted octanol–water partition coefficient (Wildman–Crippen LogP) is 3.16. The van der Waals surface area contributed by atoms with Crippen LogP contribution in [0.5, 0.6) is 0 Å². The average molecular weight is 308 g/mol. The number of rotatable bonds is 3. The molecule has 110 valence electrons. The van der Waals surface area contributed by atoms with E-state index in [0.717, 1.165) is 0 Å². The van der Waals surface area contributed by atoms with Gasteiger partial charge in [0.15, 0.2) is 0 Å². The average Bonchev–Trinajstić information content (AvgIpc) is 2.45. The quantitative estimate of drug-likeness (QED) is 0.815. The van der Waals surface area contributed by atoms with Gasteiger partial charge in [-0.05, 0) is 32.0 Å². The molecule has 5 nitrogen and oxygen atoms in total. The fraction of sp³-hybridized carbons (Fsp3) is 0.267. The van der Waals surface area contributed by atoms with Gasteiger partial charge in [-0.3, -0.25) is 4.98 Å². The van der Waals surface area contributed by atoms with Gasteiger partial charge < -0.3 is 9.47 Å². The molecule has 0 amide bonds. The van der Waals surface area contributed by atoms with Crippen LogP contribution in [0.4, 0.5) is 0 Å². The van der Waals surface area contributed by atoms with Crippen molar-refractivity contribution in [2.24, 2.45) is 0 Å². The second kappa shape index (κ2) is 6.10. The van der Waals surface area contributed by atoms with Crippen LogP contribution < -0.4 is 0 Å². The number of fused-ring (bicyclic) bond motifs is 1. The minimum absolute atomic E-state index is 0.110. The van der Waals surface area contributed by atoms with Crippen LogP contribution >= 0.6 is 11.6 Å². The fourth-order valence-electron chi connectivity index (χ4n) is 2.13. The van der Waals surface area contributed by atoms with Gasteiger partial charge in [-0.2, -0.15) is 0 Å². The van der Waals surface area contributed by atoms with Gasteiger partial charge in [0, 0.05) is 10.4 Å². The topological polar surface area (TPSA) is 65.5 Å². The normalized spacial score (nSPS) is 10.5. The number of benzene rings is 1. The molecule has 0 fully saturated rings. The zero-order valence-corrected chi connectivity index (χ0v) is 12.7. The SMILES string of the molecule is CCOC(=O)c1c(C)nc2ccc(Cl)cc2c1C(=O)OC. The Labute approximate surface area is 126 Å². The van der Waals surface area contributed by atoms with Crippen LogP contribution in [0.25, 0.3) is 10.9 Å². The first-order chi connectivity index (χ1) is 9.99. The highest BCUT2D eigenvalue weighted by Crippen LogP contribution is 2.27. The maximum absolute atomic E-state index is 12.1. The number of carbonyl (C=O) groups is 2. The summed E-state index contributed by atoms with van der Waals surface area (Å²) in [5.41, 5.74) is 1.20. The van der Waals surface area contributed by atoms with Gasteiger partial charge in [-0.1, -0.05) is 11.6 Å². The number of hydrogen-bond acceptors (Lipinski definition) is 5. The lowest BCUT2D eigenvalue weighted by Crippen LogP contribution is -2.16. The summed E-state index contributed by atoms with van der Waals surface area (Å²) in [5.74, 6) is -1.24. The number of aromatic nitrogens is 1. The van der Waals surface area contributed by atoms with Crippen molar-refractivity contribution in [1.29, 1.82) is 0 Å². The largest absolute Gasteiger partial charge is 0.465 e. The van der Waals surface area contributed by atoms with Crippen LogP contribution in [0.1, 0.15) is 33.3 Å². The first-order valence-electron chi connectivity index (χ1n) is 6.34. The Morgan fingerprint density at radius 1 is 1.24 bits per heavy atom. The molecule has 0 saturated heterocycles. The molecule has 0 radical (unpaired) electrons. The highest BCUT2D eigenvalue weighted by Gasteiger charge is 2.25. The van der Waals surface area contributed by atoms with Gasteiger partial charge in [0.2, 0.25) is 0 Å². The summed E-state index contributed by atoms with van der Waals surface area (Å²) in [6.45, 7) is 3.54. The summed E-state index contributed by atoms with van der Waals surface area (Å²) < 4.78 is 9.79. The van der Waals surface area contributed by atoms with Crippen molar-refractivity contribution in [2.45, 2.75) is 13.8 Å². The Hall–Kier alpha value is -2.14. The van der Waals surface area contributed by atoms with Crippen LogP contribution in [-0.4, -0.2) is 30.6 Å². The molecule has 0 N–H and O–H groups in total. The number of pyridine rings is 1. The van der Waals surface area contributed by atoms with E-state index in [0.29, 0.717) is 21.6 Å². The van der Waals surface area contributed by atoms with Crippen LogP contribution in [0.3, 0.4) is 0 Å². The van der Waals surface area contributed by atoms with Crippen molar-refractivity contribution >= 4 is 34.4 Å². The van der Waals surface area contributed by atoms with Gasteiger partial charge >= 0.3 is 11.9 Å². The summed E-state index contributed by atoms with van der Waals surface area (Å²) in [7, 11) is 1.25. The molecule has 6 heteroatoms. The van der Waals surface area contributed by atoms with E-state index < -0.39 is 11.9 Å². The number of hydrogen-bond donors (Lipinski definition) is 0. The van der Waals surface area contributed by atoms with Crippen molar-refractivity contribution in [3.05, 3.63) is 40.0 Å². The molecule has 21 heavy (non-hydrogen) atoms. The van der Waals surface area contributed by atoms with Gasteiger partial charge in [0.05, 0.1) is 36.1 Å². The van der Waals surface area contributed by atoms with Gasteiger partial charge in [0.25, 0.3) is 0 Å². The Morgan fingerprint density at radius 2 is 1.95 bits per heavy atom. The van der Waals surface area contributed by atoms with Crippen molar-refractivity contribution in [3.8, 4) is 0 Å². The van der Waals surface area contributed by atoms with Gasteiger partial charge in [-0.15, -0.1) is 0 Å². The summed E-state index contributed by atoms with van der Waals surface area (Å²) in [6, 6.07) is 4.94. The van der Waals surface area contributed by atoms with Crippen molar-refractivity contribution in [2.75, 3.05) is 13.7 Å².